The van der Waals surface area contributed by atoms with Gasteiger partial charge in [0.1, 0.15) is 17.8 Å². The number of hydrogen-bond acceptors (Lipinski definition) is 4. The van der Waals surface area contributed by atoms with Gasteiger partial charge in [0.2, 0.25) is 14.4 Å². The molecule has 2 heterocycles. The van der Waals surface area contributed by atoms with Crippen LogP contribution >= 0.6 is 46.4 Å². The van der Waals surface area contributed by atoms with Crippen molar-refractivity contribution in [3.05, 3.63) is 48.0 Å². The summed E-state index contributed by atoms with van der Waals surface area (Å²) in [4.78, 5) is 24.6. The molecule has 0 radical (unpaired) electrons. The molecule has 0 spiro atoms. The second-order valence-corrected chi connectivity index (χ2v) is 8.98. The molecule has 2 aliphatic rings. The van der Waals surface area contributed by atoms with Crippen molar-refractivity contribution in [2.45, 2.75) is 33.4 Å². The summed E-state index contributed by atoms with van der Waals surface area (Å²) in [5, 5.41) is 2.52. The number of halogens is 4. The molecule has 1 aromatic carbocycles. The average molecular weight is 439 g/mol. The van der Waals surface area contributed by atoms with Gasteiger partial charge in [-0.05, 0) is 18.6 Å². The summed E-state index contributed by atoms with van der Waals surface area (Å²) < 4.78 is 6.94. The molecule has 9 heteroatoms. The Morgan fingerprint density at radius 2 is 1.77 bits per heavy atom. The molecule has 26 heavy (non-hydrogen) atoms. The topological polar surface area (TPSA) is 64.6 Å². The Kier molecular flexibility index (Phi) is 5.00. The largest absolute Gasteiger partial charge is 0.445 e. The van der Waals surface area contributed by atoms with Crippen molar-refractivity contribution in [1.29, 1.82) is 0 Å². The van der Waals surface area contributed by atoms with Crippen LogP contribution in [0.2, 0.25) is 0 Å². The van der Waals surface area contributed by atoms with Crippen LogP contribution in [0, 0.1) is 0 Å². The highest BCUT2D eigenvalue weighted by atomic mass is 35.5. The second-order valence-electron chi connectivity index (χ2n) is 6.33. The number of alkyl halides is 4. The number of carbonyl (C=O) groups is 2. The Morgan fingerprint density at radius 1 is 1.12 bits per heavy atom. The molecular weight excluding hydrogens is 424 g/mol. The molecule has 1 saturated heterocycles. The first-order chi connectivity index (χ1) is 12.0. The number of ether oxygens (including phenoxy) is 2. The smallest absolute Gasteiger partial charge is 0.407 e. The molecule has 2 aliphatic heterocycles. The van der Waals surface area contributed by atoms with Gasteiger partial charge in [0.25, 0.3) is 0 Å². The summed E-state index contributed by atoms with van der Waals surface area (Å²) in [7, 11) is 0. The molecule has 2 atom stereocenters. The summed E-state index contributed by atoms with van der Waals surface area (Å²) >= 11 is 24.8. The van der Waals surface area contributed by atoms with Gasteiger partial charge >= 0.3 is 6.09 Å². The van der Waals surface area contributed by atoms with E-state index in [1.54, 1.807) is 6.92 Å². The number of carbonyl (C=O) groups excluding carboxylic acids is 2. The molecule has 0 aliphatic carbocycles. The lowest BCUT2D eigenvalue weighted by atomic mass is 9.89. The second kappa shape index (κ2) is 6.57. The minimum Gasteiger partial charge on any atom is -0.445 e. The lowest BCUT2D eigenvalue weighted by molar-refractivity contribution is -0.155. The molecule has 5 nitrogen and oxygen atoms in total. The van der Waals surface area contributed by atoms with Crippen molar-refractivity contribution < 1.29 is 19.1 Å². The fraction of sp³-hybridized carbons (Fsp3) is 0.412. The standard InChI is InChI=1S/C17H15Cl4NO4/c1-14-7-8-15(26-14,17(20,21)12(23)16(14,18)19)10-22-13(24)25-9-11-5-3-2-4-6-11/h2-8H,9-10H2,1H3,(H,22,24)/t14-,15-/m0/s1. The molecule has 1 fully saturated rings. The molecule has 2 bridgehead atoms. The zero-order valence-corrected chi connectivity index (χ0v) is 16.6. The van der Waals surface area contributed by atoms with Crippen molar-refractivity contribution >= 4 is 58.3 Å². The number of Topliss-reactive ketones (excluding diaryl/α,β-unsaturated/α-hetero) is 1. The predicted octanol–water partition coefficient (Wildman–Crippen LogP) is 3.93. The summed E-state index contributed by atoms with van der Waals surface area (Å²) in [6.07, 6.45) is 2.31. The molecular formula is C17H15Cl4NO4. The Morgan fingerprint density at radius 3 is 2.42 bits per heavy atom. The summed E-state index contributed by atoms with van der Waals surface area (Å²) in [5.41, 5.74) is -2.01. The van der Waals surface area contributed by atoms with Crippen molar-refractivity contribution in [2.75, 3.05) is 6.54 Å². The van der Waals surface area contributed by atoms with Gasteiger partial charge in [-0.25, -0.2) is 4.79 Å². The Bertz CT molecular complexity index is 767. The molecule has 1 N–H and O–H groups in total. The monoisotopic (exact) mass is 437 g/mol. The fourth-order valence-corrected chi connectivity index (χ4v) is 4.18. The third-order valence-electron chi connectivity index (χ3n) is 4.50. The van der Waals surface area contributed by atoms with E-state index in [2.05, 4.69) is 5.32 Å². The van der Waals surface area contributed by atoms with Crippen LogP contribution in [0.1, 0.15) is 12.5 Å². The van der Waals surface area contributed by atoms with Crippen LogP contribution in [0.25, 0.3) is 0 Å². The maximum absolute atomic E-state index is 12.6. The first kappa shape index (κ1) is 19.8. The maximum Gasteiger partial charge on any atom is 0.407 e. The Labute approximate surface area is 170 Å². The Hall–Kier alpha value is -0.980. The van der Waals surface area contributed by atoms with Crippen LogP contribution in [-0.2, 0) is 20.9 Å². The van der Waals surface area contributed by atoms with Crippen LogP contribution < -0.4 is 5.32 Å². The number of ketones is 1. The quantitative estimate of drug-likeness (QED) is 0.571. The predicted molar refractivity (Wildman–Crippen MR) is 99.9 cm³/mol. The van der Waals surface area contributed by atoms with E-state index in [-0.39, 0.29) is 13.2 Å². The van der Waals surface area contributed by atoms with Crippen LogP contribution in [-0.4, -0.2) is 38.3 Å². The third kappa shape index (κ3) is 3.00. The third-order valence-corrected chi connectivity index (χ3v) is 6.57. The highest BCUT2D eigenvalue weighted by molar-refractivity contribution is 6.70. The first-order valence-electron chi connectivity index (χ1n) is 7.70. The van der Waals surface area contributed by atoms with E-state index in [9.17, 15) is 9.59 Å². The number of nitrogens with one attached hydrogen (secondary N) is 1. The lowest BCUT2D eigenvalue weighted by Gasteiger charge is -2.50. The number of rotatable bonds is 4. The van der Waals surface area contributed by atoms with Crippen molar-refractivity contribution in [2.24, 2.45) is 0 Å². The van der Waals surface area contributed by atoms with Crippen molar-refractivity contribution in [3.63, 3.8) is 0 Å². The van der Waals surface area contributed by atoms with Crippen molar-refractivity contribution in [1.82, 2.24) is 5.32 Å². The zero-order valence-electron chi connectivity index (χ0n) is 13.6. The number of amides is 1. The van der Waals surface area contributed by atoms with E-state index in [0.29, 0.717) is 0 Å². The van der Waals surface area contributed by atoms with Crippen molar-refractivity contribution in [3.8, 4) is 0 Å². The van der Waals surface area contributed by atoms with E-state index in [4.69, 9.17) is 55.9 Å². The SMILES string of the molecule is C[C@@]12C=C[C@@](CNC(=O)OCc3ccccc3)(O1)C(Cl)(Cl)C(=O)C2(Cl)Cl. The van der Waals surface area contributed by atoms with Crippen LogP contribution in [0.5, 0.6) is 0 Å². The van der Waals surface area contributed by atoms with Gasteiger partial charge in [0, 0.05) is 0 Å². The molecule has 140 valence electrons. The van der Waals surface area contributed by atoms with E-state index in [0.717, 1.165) is 5.56 Å². The highest BCUT2D eigenvalue weighted by Gasteiger charge is 2.73. The minimum atomic E-state index is -2.09. The summed E-state index contributed by atoms with van der Waals surface area (Å²) in [6.45, 7) is 1.43. The highest BCUT2D eigenvalue weighted by Crippen LogP contribution is 2.59. The number of fused-ring (bicyclic) bond motifs is 2. The van der Waals surface area contributed by atoms with E-state index in [1.807, 2.05) is 30.3 Å². The number of alkyl carbamates (subject to hydrolysis) is 1. The lowest BCUT2D eigenvalue weighted by Crippen LogP contribution is -2.70. The Balaban J connectivity index is 1.69. The molecule has 0 saturated carbocycles. The molecule has 3 rings (SSSR count). The van der Waals surface area contributed by atoms with Crippen LogP contribution in [0.4, 0.5) is 4.79 Å². The van der Waals surface area contributed by atoms with Gasteiger partial charge in [0.05, 0.1) is 6.54 Å². The summed E-state index contributed by atoms with van der Waals surface area (Å²) in [5.74, 6) is -0.810. The maximum atomic E-state index is 12.6. The molecule has 1 aromatic rings. The number of hydrogen-bond donors (Lipinski definition) is 1. The van der Waals surface area contributed by atoms with Gasteiger partial charge in [-0.2, -0.15) is 0 Å². The minimum absolute atomic E-state index is 0.0897. The average Bonchev–Trinajstić information content (AvgIpc) is 2.97. The van der Waals surface area contributed by atoms with Crippen LogP contribution in [0.3, 0.4) is 0 Å². The van der Waals surface area contributed by atoms with Gasteiger partial charge in [-0.3, -0.25) is 4.79 Å². The van der Waals surface area contributed by atoms with Gasteiger partial charge in [-0.1, -0.05) is 82.8 Å². The normalized spacial score (nSPS) is 30.9. The first-order valence-corrected chi connectivity index (χ1v) is 9.21. The van der Waals surface area contributed by atoms with E-state index in [1.165, 1.54) is 12.2 Å². The van der Waals surface area contributed by atoms with Gasteiger partial charge < -0.3 is 14.8 Å². The van der Waals surface area contributed by atoms with Crippen LogP contribution in [0.15, 0.2) is 42.5 Å². The number of benzene rings is 1. The molecule has 0 unspecified atom stereocenters. The molecule has 1 amide bonds. The summed E-state index contributed by atoms with van der Waals surface area (Å²) in [6, 6.07) is 9.17. The fourth-order valence-electron chi connectivity index (χ4n) is 2.88. The van der Waals surface area contributed by atoms with E-state index < -0.39 is 31.7 Å². The van der Waals surface area contributed by atoms with E-state index >= 15 is 0 Å². The zero-order chi connectivity index (χ0) is 19.2. The van der Waals surface area contributed by atoms with Gasteiger partial charge in [0.15, 0.2) is 0 Å². The molecule has 0 aromatic heterocycles. The van der Waals surface area contributed by atoms with Gasteiger partial charge in [-0.15, -0.1) is 0 Å².